The largest absolute Gasteiger partial charge is 0.476 e. The molecule has 0 atom stereocenters. The van der Waals surface area contributed by atoms with Crippen LogP contribution < -0.4 is 15.8 Å². The SMILES string of the molecule is COCC(C)(C)Nc1ccc(N)c(OCC2CC2)n1. The molecule has 1 aliphatic carbocycles. The van der Waals surface area contributed by atoms with Crippen LogP contribution in [0.25, 0.3) is 0 Å². The Hall–Kier alpha value is -1.49. The van der Waals surface area contributed by atoms with E-state index < -0.39 is 0 Å². The summed E-state index contributed by atoms with van der Waals surface area (Å²) in [4.78, 5) is 4.43. The summed E-state index contributed by atoms with van der Waals surface area (Å²) in [7, 11) is 1.68. The van der Waals surface area contributed by atoms with Crippen LogP contribution in [0.2, 0.25) is 0 Å². The zero-order chi connectivity index (χ0) is 13.9. The predicted octanol–water partition coefficient (Wildman–Crippen LogP) is 2.29. The second-order valence-corrected chi connectivity index (χ2v) is 5.79. The van der Waals surface area contributed by atoms with Crippen molar-refractivity contribution < 1.29 is 9.47 Å². The van der Waals surface area contributed by atoms with E-state index in [1.165, 1.54) is 12.8 Å². The standard InChI is InChI=1S/C14H23N3O2/c1-14(2,9-18-3)17-12-7-6-11(15)13(16-12)19-8-10-4-5-10/h6-7,10H,4-5,8-9,15H2,1-3H3,(H,16,17). The number of nitrogens with one attached hydrogen (secondary N) is 1. The van der Waals surface area contributed by atoms with Crippen molar-refractivity contribution in [3.63, 3.8) is 0 Å². The Bertz CT molecular complexity index is 431. The summed E-state index contributed by atoms with van der Waals surface area (Å²) in [6.45, 7) is 5.41. The summed E-state index contributed by atoms with van der Waals surface area (Å²) in [5.74, 6) is 1.95. The lowest BCUT2D eigenvalue weighted by molar-refractivity contribution is 0.158. The van der Waals surface area contributed by atoms with Gasteiger partial charge in [0.05, 0.1) is 24.4 Å². The van der Waals surface area contributed by atoms with Gasteiger partial charge in [-0.1, -0.05) is 0 Å². The highest BCUT2D eigenvalue weighted by atomic mass is 16.5. The minimum Gasteiger partial charge on any atom is -0.476 e. The van der Waals surface area contributed by atoms with Gasteiger partial charge in [-0.15, -0.1) is 0 Å². The molecule has 1 heterocycles. The van der Waals surface area contributed by atoms with Crippen LogP contribution in [0.3, 0.4) is 0 Å². The molecular formula is C14H23N3O2. The third kappa shape index (κ3) is 4.28. The Morgan fingerprint density at radius 3 is 2.79 bits per heavy atom. The van der Waals surface area contributed by atoms with Gasteiger partial charge >= 0.3 is 0 Å². The van der Waals surface area contributed by atoms with Crippen molar-refractivity contribution in [3.05, 3.63) is 12.1 Å². The van der Waals surface area contributed by atoms with Gasteiger partial charge in [-0.25, -0.2) is 0 Å². The molecule has 0 bridgehead atoms. The highest BCUT2D eigenvalue weighted by Crippen LogP contribution is 2.31. The van der Waals surface area contributed by atoms with E-state index >= 15 is 0 Å². The van der Waals surface area contributed by atoms with Gasteiger partial charge in [0.1, 0.15) is 5.82 Å². The van der Waals surface area contributed by atoms with E-state index in [9.17, 15) is 0 Å². The van der Waals surface area contributed by atoms with E-state index in [0.29, 0.717) is 30.7 Å². The van der Waals surface area contributed by atoms with Crippen molar-refractivity contribution >= 4 is 11.5 Å². The first-order chi connectivity index (χ1) is 9.00. The number of hydrogen-bond donors (Lipinski definition) is 2. The molecule has 1 saturated carbocycles. The lowest BCUT2D eigenvalue weighted by Crippen LogP contribution is -2.36. The number of anilines is 2. The van der Waals surface area contributed by atoms with E-state index in [4.69, 9.17) is 15.2 Å². The molecule has 1 aromatic heterocycles. The van der Waals surface area contributed by atoms with Gasteiger partial charge in [0.25, 0.3) is 0 Å². The Morgan fingerprint density at radius 1 is 1.42 bits per heavy atom. The van der Waals surface area contributed by atoms with Gasteiger partial charge in [-0.3, -0.25) is 0 Å². The molecule has 0 spiro atoms. The first-order valence-corrected chi connectivity index (χ1v) is 6.66. The van der Waals surface area contributed by atoms with Crippen molar-refractivity contribution in [2.45, 2.75) is 32.2 Å². The summed E-state index contributed by atoms with van der Waals surface area (Å²) in [5.41, 5.74) is 6.27. The van der Waals surface area contributed by atoms with Gasteiger partial charge in [0.2, 0.25) is 5.88 Å². The highest BCUT2D eigenvalue weighted by Gasteiger charge is 2.23. The van der Waals surface area contributed by atoms with Gasteiger partial charge in [0, 0.05) is 7.11 Å². The maximum atomic E-state index is 5.88. The zero-order valence-electron chi connectivity index (χ0n) is 11.9. The van der Waals surface area contributed by atoms with Crippen LogP contribution in [-0.2, 0) is 4.74 Å². The zero-order valence-corrected chi connectivity index (χ0v) is 11.9. The topological polar surface area (TPSA) is 69.4 Å². The molecule has 0 unspecified atom stereocenters. The highest BCUT2D eigenvalue weighted by molar-refractivity contribution is 5.54. The summed E-state index contributed by atoms with van der Waals surface area (Å²) >= 11 is 0. The van der Waals surface area contributed by atoms with E-state index in [1.54, 1.807) is 7.11 Å². The molecule has 3 N–H and O–H groups in total. The number of rotatable bonds is 7. The van der Waals surface area contributed by atoms with Crippen molar-refractivity contribution in [2.24, 2.45) is 5.92 Å². The average Bonchev–Trinajstić information content (AvgIpc) is 3.13. The summed E-state index contributed by atoms with van der Waals surface area (Å²) < 4.78 is 10.8. The number of hydrogen-bond acceptors (Lipinski definition) is 5. The van der Waals surface area contributed by atoms with Crippen molar-refractivity contribution in [2.75, 3.05) is 31.4 Å². The summed E-state index contributed by atoms with van der Waals surface area (Å²) in [6, 6.07) is 3.68. The van der Waals surface area contributed by atoms with Crippen LogP contribution >= 0.6 is 0 Å². The number of pyridine rings is 1. The molecule has 106 valence electrons. The Kier molecular flexibility index (Phi) is 4.14. The van der Waals surface area contributed by atoms with E-state index in [1.807, 2.05) is 12.1 Å². The Labute approximate surface area is 114 Å². The molecule has 0 aromatic carbocycles. The van der Waals surface area contributed by atoms with E-state index in [2.05, 4.69) is 24.1 Å². The third-order valence-electron chi connectivity index (χ3n) is 3.01. The predicted molar refractivity (Wildman–Crippen MR) is 76.4 cm³/mol. The van der Waals surface area contributed by atoms with Crippen LogP contribution in [-0.4, -0.2) is 30.8 Å². The molecular weight excluding hydrogens is 242 g/mol. The monoisotopic (exact) mass is 265 g/mol. The molecule has 0 radical (unpaired) electrons. The fraction of sp³-hybridized carbons (Fsp3) is 0.643. The number of aromatic nitrogens is 1. The second-order valence-electron chi connectivity index (χ2n) is 5.79. The summed E-state index contributed by atoms with van der Waals surface area (Å²) in [5, 5.41) is 3.32. The molecule has 0 aliphatic heterocycles. The van der Waals surface area contributed by atoms with Gasteiger partial charge < -0.3 is 20.5 Å². The Morgan fingerprint density at radius 2 is 2.16 bits per heavy atom. The Balaban J connectivity index is 2.02. The lowest BCUT2D eigenvalue weighted by Gasteiger charge is -2.26. The third-order valence-corrected chi connectivity index (χ3v) is 3.01. The fourth-order valence-electron chi connectivity index (χ4n) is 1.86. The fourth-order valence-corrected chi connectivity index (χ4v) is 1.86. The number of methoxy groups -OCH3 is 1. The molecule has 19 heavy (non-hydrogen) atoms. The first-order valence-electron chi connectivity index (χ1n) is 6.66. The van der Waals surface area contributed by atoms with Crippen molar-refractivity contribution in [1.82, 2.24) is 4.98 Å². The molecule has 5 heteroatoms. The molecule has 1 fully saturated rings. The van der Waals surface area contributed by atoms with Crippen molar-refractivity contribution in [1.29, 1.82) is 0 Å². The van der Waals surface area contributed by atoms with Gasteiger partial charge in [-0.05, 0) is 44.7 Å². The second kappa shape index (κ2) is 5.65. The van der Waals surface area contributed by atoms with Crippen molar-refractivity contribution in [3.8, 4) is 5.88 Å². The van der Waals surface area contributed by atoms with Crippen LogP contribution in [0.1, 0.15) is 26.7 Å². The molecule has 5 nitrogen and oxygen atoms in total. The maximum Gasteiger partial charge on any atom is 0.239 e. The molecule has 0 saturated heterocycles. The van der Waals surface area contributed by atoms with Crippen LogP contribution in [0, 0.1) is 5.92 Å². The molecule has 0 amide bonds. The molecule has 2 rings (SSSR count). The quantitative estimate of drug-likeness (QED) is 0.791. The van der Waals surface area contributed by atoms with Gasteiger partial charge in [-0.2, -0.15) is 4.98 Å². The number of nitrogens with zero attached hydrogens (tertiary/aromatic N) is 1. The van der Waals surface area contributed by atoms with Crippen LogP contribution in [0.5, 0.6) is 5.88 Å². The average molecular weight is 265 g/mol. The molecule has 1 aliphatic rings. The number of ether oxygens (including phenoxy) is 2. The van der Waals surface area contributed by atoms with E-state index in [0.717, 1.165) is 5.82 Å². The van der Waals surface area contributed by atoms with Crippen LogP contribution in [0.4, 0.5) is 11.5 Å². The summed E-state index contributed by atoms with van der Waals surface area (Å²) in [6.07, 6.45) is 2.50. The lowest BCUT2D eigenvalue weighted by atomic mass is 10.1. The number of nitrogens with two attached hydrogens (primary N) is 1. The molecule has 1 aromatic rings. The normalized spacial score (nSPS) is 15.3. The maximum absolute atomic E-state index is 5.88. The van der Waals surface area contributed by atoms with E-state index in [-0.39, 0.29) is 5.54 Å². The van der Waals surface area contributed by atoms with Crippen LogP contribution in [0.15, 0.2) is 12.1 Å². The first kappa shape index (κ1) is 13.9. The smallest absolute Gasteiger partial charge is 0.239 e. The number of nitrogen functional groups attached to an aromatic ring is 1. The minimum atomic E-state index is -0.189. The van der Waals surface area contributed by atoms with Gasteiger partial charge in [0.15, 0.2) is 0 Å². The minimum absolute atomic E-state index is 0.189.